The van der Waals surface area contributed by atoms with E-state index in [0.29, 0.717) is 4.47 Å². The van der Waals surface area contributed by atoms with Gasteiger partial charge in [0.1, 0.15) is 12.4 Å². The van der Waals surface area contributed by atoms with E-state index in [1.807, 2.05) is 0 Å². The molecular weight excluding hydrogens is 401 g/mol. The lowest BCUT2D eigenvalue weighted by atomic mass is 10.2. The molecule has 1 saturated heterocycles. The third-order valence-electron chi connectivity index (χ3n) is 3.28. The summed E-state index contributed by atoms with van der Waals surface area (Å²) in [4.78, 5) is 11.7. The van der Waals surface area contributed by atoms with Crippen LogP contribution in [0.3, 0.4) is 0 Å². The zero-order valence-corrected chi connectivity index (χ0v) is 14.5. The highest BCUT2D eigenvalue weighted by atomic mass is 79.9. The molecule has 1 atom stereocenters. The molecule has 130 valence electrons. The molecule has 0 spiro atoms. The molecule has 1 aromatic rings. The van der Waals surface area contributed by atoms with Crippen LogP contribution in [0.1, 0.15) is 18.4 Å². The van der Waals surface area contributed by atoms with E-state index in [4.69, 9.17) is 4.74 Å². The standard InChI is InChI=1S/C14H16BrF3N2O2.ClH/c15-9-3-4-12(10(8-9)14(16,17)18)22-7-6-20-13(21)11-2-1-5-19-11;/h3-4,8,11,19H,1-2,5-7H2,(H,20,21);1H. The Morgan fingerprint density at radius 3 is 2.78 bits per heavy atom. The van der Waals surface area contributed by atoms with Crippen molar-refractivity contribution in [2.24, 2.45) is 0 Å². The maximum Gasteiger partial charge on any atom is 0.420 e. The Morgan fingerprint density at radius 2 is 2.17 bits per heavy atom. The van der Waals surface area contributed by atoms with E-state index in [1.54, 1.807) is 0 Å². The number of hydrogen-bond donors (Lipinski definition) is 2. The second-order valence-corrected chi connectivity index (χ2v) is 5.84. The van der Waals surface area contributed by atoms with Gasteiger partial charge in [-0.15, -0.1) is 12.4 Å². The first-order valence-corrected chi connectivity index (χ1v) is 7.68. The van der Waals surface area contributed by atoms with E-state index in [0.717, 1.165) is 25.5 Å². The number of amides is 1. The second-order valence-electron chi connectivity index (χ2n) is 4.93. The second kappa shape index (κ2) is 8.75. The van der Waals surface area contributed by atoms with E-state index in [-0.39, 0.29) is 43.3 Å². The number of benzene rings is 1. The molecule has 1 unspecified atom stereocenters. The molecule has 1 heterocycles. The molecule has 23 heavy (non-hydrogen) atoms. The maximum atomic E-state index is 12.9. The third kappa shape index (κ3) is 5.86. The summed E-state index contributed by atoms with van der Waals surface area (Å²) in [6, 6.07) is 3.49. The molecule has 1 aliphatic heterocycles. The largest absolute Gasteiger partial charge is 0.491 e. The lowest BCUT2D eigenvalue weighted by molar-refractivity contribution is -0.139. The van der Waals surface area contributed by atoms with Gasteiger partial charge in [-0.25, -0.2) is 0 Å². The van der Waals surface area contributed by atoms with Gasteiger partial charge in [0.05, 0.1) is 18.2 Å². The number of ether oxygens (including phenoxy) is 1. The summed E-state index contributed by atoms with van der Waals surface area (Å²) in [6.45, 7) is 0.940. The van der Waals surface area contributed by atoms with E-state index in [9.17, 15) is 18.0 Å². The van der Waals surface area contributed by atoms with Crippen molar-refractivity contribution in [1.82, 2.24) is 10.6 Å². The predicted octanol–water partition coefficient (Wildman–Crippen LogP) is 3.14. The van der Waals surface area contributed by atoms with Crippen LogP contribution in [0, 0.1) is 0 Å². The Bertz CT molecular complexity index is 537. The Labute approximate surface area is 146 Å². The topological polar surface area (TPSA) is 50.4 Å². The molecular formula is C14H17BrClF3N2O2. The van der Waals surface area contributed by atoms with Crippen LogP contribution in [0.25, 0.3) is 0 Å². The smallest absolute Gasteiger partial charge is 0.420 e. The zero-order valence-electron chi connectivity index (χ0n) is 12.1. The molecule has 2 rings (SSSR count). The summed E-state index contributed by atoms with van der Waals surface area (Å²) >= 11 is 3.01. The predicted molar refractivity (Wildman–Crippen MR) is 85.9 cm³/mol. The molecule has 1 fully saturated rings. The van der Waals surface area contributed by atoms with Gasteiger partial charge in [0.15, 0.2) is 0 Å². The maximum absolute atomic E-state index is 12.9. The van der Waals surface area contributed by atoms with Gasteiger partial charge in [-0.2, -0.15) is 13.2 Å². The number of carbonyl (C=O) groups excluding carboxylic acids is 1. The fraction of sp³-hybridized carbons (Fsp3) is 0.500. The van der Waals surface area contributed by atoms with Crippen molar-refractivity contribution in [3.8, 4) is 5.75 Å². The zero-order chi connectivity index (χ0) is 16.2. The van der Waals surface area contributed by atoms with Gasteiger partial charge in [0, 0.05) is 4.47 Å². The van der Waals surface area contributed by atoms with E-state index in [1.165, 1.54) is 12.1 Å². The Kier molecular flexibility index (Phi) is 7.63. The number of rotatable bonds is 5. The first-order chi connectivity index (χ1) is 10.4. The molecule has 0 bridgehead atoms. The van der Waals surface area contributed by atoms with Crippen molar-refractivity contribution in [3.05, 3.63) is 28.2 Å². The van der Waals surface area contributed by atoms with Gasteiger partial charge in [-0.3, -0.25) is 4.79 Å². The Balaban J connectivity index is 0.00000264. The number of alkyl halides is 3. The highest BCUT2D eigenvalue weighted by Gasteiger charge is 2.34. The average molecular weight is 418 g/mol. The molecule has 0 saturated carbocycles. The lowest BCUT2D eigenvalue weighted by Crippen LogP contribution is -2.41. The van der Waals surface area contributed by atoms with E-state index >= 15 is 0 Å². The average Bonchev–Trinajstić information content (AvgIpc) is 2.97. The summed E-state index contributed by atoms with van der Waals surface area (Å²) in [7, 11) is 0. The molecule has 2 N–H and O–H groups in total. The van der Waals surface area contributed by atoms with Crippen molar-refractivity contribution in [2.75, 3.05) is 19.7 Å². The van der Waals surface area contributed by atoms with Crippen molar-refractivity contribution in [1.29, 1.82) is 0 Å². The summed E-state index contributed by atoms with van der Waals surface area (Å²) in [5, 5.41) is 5.69. The van der Waals surface area contributed by atoms with E-state index in [2.05, 4.69) is 26.6 Å². The van der Waals surface area contributed by atoms with Gasteiger partial charge in [-0.1, -0.05) is 15.9 Å². The summed E-state index contributed by atoms with van der Waals surface area (Å²) in [5.74, 6) is -0.392. The number of carbonyl (C=O) groups is 1. The van der Waals surface area contributed by atoms with Crippen LogP contribution in [0.15, 0.2) is 22.7 Å². The van der Waals surface area contributed by atoms with Gasteiger partial charge in [0.25, 0.3) is 0 Å². The fourth-order valence-electron chi connectivity index (χ4n) is 2.22. The normalized spacial score (nSPS) is 17.5. The minimum atomic E-state index is -4.49. The summed E-state index contributed by atoms with van der Waals surface area (Å²) in [5.41, 5.74) is -0.842. The molecule has 0 aromatic heterocycles. The van der Waals surface area contributed by atoms with Crippen LogP contribution in [0.5, 0.6) is 5.75 Å². The van der Waals surface area contributed by atoms with Crippen molar-refractivity contribution in [2.45, 2.75) is 25.1 Å². The van der Waals surface area contributed by atoms with Gasteiger partial charge >= 0.3 is 6.18 Å². The van der Waals surface area contributed by atoms with Gasteiger partial charge in [-0.05, 0) is 37.6 Å². The van der Waals surface area contributed by atoms with Gasteiger partial charge < -0.3 is 15.4 Å². The minimum Gasteiger partial charge on any atom is -0.491 e. The van der Waals surface area contributed by atoms with Crippen LogP contribution >= 0.6 is 28.3 Å². The van der Waals surface area contributed by atoms with Crippen LogP contribution in [0.4, 0.5) is 13.2 Å². The highest BCUT2D eigenvalue weighted by Crippen LogP contribution is 2.37. The summed E-state index contributed by atoms with van der Waals surface area (Å²) < 4.78 is 44.2. The number of hydrogen-bond acceptors (Lipinski definition) is 3. The van der Waals surface area contributed by atoms with E-state index < -0.39 is 11.7 Å². The van der Waals surface area contributed by atoms with Crippen LogP contribution in [0.2, 0.25) is 0 Å². The van der Waals surface area contributed by atoms with Crippen molar-refractivity contribution in [3.63, 3.8) is 0 Å². The molecule has 9 heteroatoms. The molecule has 1 aliphatic rings. The first kappa shape index (κ1) is 20.1. The third-order valence-corrected chi connectivity index (χ3v) is 3.78. The Hall–Kier alpha value is -0.990. The number of halogens is 5. The quantitative estimate of drug-likeness (QED) is 0.724. The monoisotopic (exact) mass is 416 g/mol. The minimum absolute atomic E-state index is 0. The molecule has 0 aliphatic carbocycles. The van der Waals surface area contributed by atoms with Crippen molar-refractivity contribution >= 4 is 34.2 Å². The lowest BCUT2D eigenvalue weighted by Gasteiger charge is -2.15. The highest BCUT2D eigenvalue weighted by molar-refractivity contribution is 9.10. The Morgan fingerprint density at radius 1 is 1.43 bits per heavy atom. The van der Waals surface area contributed by atoms with Crippen LogP contribution in [-0.2, 0) is 11.0 Å². The molecule has 0 radical (unpaired) electrons. The van der Waals surface area contributed by atoms with Gasteiger partial charge in [0.2, 0.25) is 5.91 Å². The van der Waals surface area contributed by atoms with Crippen molar-refractivity contribution < 1.29 is 22.7 Å². The SMILES string of the molecule is Cl.O=C(NCCOc1ccc(Br)cc1C(F)(F)F)C1CCCN1. The molecule has 4 nitrogen and oxygen atoms in total. The fourth-order valence-corrected chi connectivity index (χ4v) is 2.58. The number of nitrogens with one attached hydrogen (secondary N) is 2. The first-order valence-electron chi connectivity index (χ1n) is 6.88. The van der Waals surface area contributed by atoms with Crippen LogP contribution in [-0.4, -0.2) is 31.6 Å². The summed E-state index contributed by atoms with van der Waals surface area (Å²) in [6.07, 6.45) is -2.77. The molecule has 1 aromatic carbocycles. The van der Waals surface area contributed by atoms with Crippen LogP contribution < -0.4 is 15.4 Å². The molecule has 1 amide bonds.